The second-order valence-electron chi connectivity index (χ2n) is 5.69. The van der Waals surface area contributed by atoms with Gasteiger partial charge in [-0.05, 0) is 37.0 Å². The first-order valence-electron chi connectivity index (χ1n) is 7.67. The third kappa shape index (κ3) is 4.99. The van der Waals surface area contributed by atoms with Crippen LogP contribution in [-0.2, 0) is 14.6 Å². The van der Waals surface area contributed by atoms with Crippen LogP contribution in [0.4, 0.5) is 8.78 Å². The number of rotatable bonds is 7. The molecule has 2 N–H and O–H groups in total. The van der Waals surface area contributed by atoms with Crippen LogP contribution >= 0.6 is 0 Å². The third-order valence-corrected chi connectivity index (χ3v) is 5.77. The van der Waals surface area contributed by atoms with Crippen LogP contribution in [0, 0.1) is 11.7 Å². The van der Waals surface area contributed by atoms with E-state index in [2.05, 4.69) is 0 Å². The van der Waals surface area contributed by atoms with Crippen molar-refractivity contribution in [3.8, 4) is 5.75 Å². The van der Waals surface area contributed by atoms with Crippen LogP contribution in [0.2, 0.25) is 0 Å². The number of hydrogen-bond acceptors (Lipinski definition) is 5. The number of halogens is 2. The summed E-state index contributed by atoms with van der Waals surface area (Å²) < 4.78 is 61.6. The second kappa shape index (κ2) is 8.55. The minimum Gasteiger partial charge on any atom is -0.486 e. The normalized spacial score (nSPS) is 17.0. The molecule has 0 radical (unpaired) electrons. The molecule has 1 aromatic rings. The van der Waals surface area contributed by atoms with E-state index in [1.54, 1.807) is 0 Å². The highest BCUT2D eigenvalue weighted by Crippen LogP contribution is 2.25. The van der Waals surface area contributed by atoms with E-state index in [1.165, 1.54) is 12.1 Å². The summed E-state index contributed by atoms with van der Waals surface area (Å²) in [6.45, 7) is 0.855. The molecule has 24 heavy (non-hydrogen) atoms. The molecular weight excluding hydrogens is 340 g/mol. The summed E-state index contributed by atoms with van der Waals surface area (Å²) in [5.41, 5.74) is 5.46. The van der Waals surface area contributed by atoms with Gasteiger partial charge < -0.3 is 15.2 Å². The number of hydrogen-bond donors (Lipinski definition) is 1. The van der Waals surface area contributed by atoms with E-state index in [4.69, 9.17) is 15.2 Å². The van der Waals surface area contributed by atoms with Gasteiger partial charge in [-0.2, -0.15) is 0 Å². The monoisotopic (exact) mass is 361 g/mol. The van der Waals surface area contributed by atoms with Crippen LogP contribution in [0.3, 0.4) is 0 Å². The van der Waals surface area contributed by atoms with Crippen molar-refractivity contribution in [3.63, 3.8) is 0 Å². The maximum absolute atomic E-state index is 14.1. The van der Waals surface area contributed by atoms with Crippen molar-refractivity contribution in [2.24, 2.45) is 11.7 Å². The first-order valence-corrected chi connectivity index (χ1v) is 9.32. The Hall–Kier alpha value is -1.51. The maximum atomic E-state index is 14.1. The summed E-state index contributed by atoms with van der Waals surface area (Å²) in [5, 5.41) is 0. The van der Waals surface area contributed by atoms with Crippen molar-refractivity contribution in [2.45, 2.75) is 17.7 Å². The lowest BCUT2D eigenvalue weighted by atomic mass is 10.0. The van der Waals surface area contributed by atoms with E-state index in [-0.39, 0.29) is 41.0 Å². The highest BCUT2D eigenvalue weighted by atomic mass is 32.2. The molecule has 1 aliphatic heterocycles. The molecule has 1 saturated heterocycles. The van der Waals surface area contributed by atoms with Gasteiger partial charge in [0.1, 0.15) is 6.61 Å². The van der Waals surface area contributed by atoms with Crippen LogP contribution < -0.4 is 10.5 Å². The Balaban J connectivity index is 2.07. The first-order chi connectivity index (χ1) is 11.5. The SMILES string of the molecule is NC/C(=C\F)COc1ccc(S(=O)(=O)CC2CCOCC2)cc1F. The molecule has 0 spiro atoms. The molecule has 0 bridgehead atoms. The Labute approximate surface area is 140 Å². The number of ether oxygens (including phenoxy) is 2. The van der Waals surface area contributed by atoms with Crippen molar-refractivity contribution in [3.05, 3.63) is 35.9 Å². The zero-order valence-corrected chi connectivity index (χ0v) is 14.0. The summed E-state index contributed by atoms with van der Waals surface area (Å²) in [6.07, 6.45) is 1.67. The van der Waals surface area contributed by atoms with E-state index in [1.807, 2.05) is 0 Å². The summed E-state index contributed by atoms with van der Waals surface area (Å²) in [7, 11) is -3.58. The summed E-state index contributed by atoms with van der Waals surface area (Å²) in [4.78, 5) is -0.0843. The summed E-state index contributed by atoms with van der Waals surface area (Å²) >= 11 is 0. The summed E-state index contributed by atoms with van der Waals surface area (Å²) in [5.74, 6) is -0.964. The average Bonchev–Trinajstić information content (AvgIpc) is 2.57. The Morgan fingerprint density at radius 2 is 2.08 bits per heavy atom. The molecule has 0 unspecified atom stereocenters. The van der Waals surface area contributed by atoms with E-state index >= 15 is 0 Å². The zero-order valence-electron chi connectivity index (χ0n) is 13.2. The standard InChI is InChI=1S/C16H21F2NO4S/c17-8-13(9-19)10-23-16-2-1-14(7-15(16)18)24(20,21)11-12-3-5-22-6-4-12/h1-2,7-8,12H,3-6,9-11,19H2/b13-8+. The molecular formula is C16H21F2NO4S. The van der Waals surface area contributed by atoms with Gasteiger partial charge in [0.15, 0.2) is 21.4 Å². The third-order valence-electron chi connectivity index (χ3n) is 3.89. The minimum atomic E-state index is -3.58. The van der Waals surface area contributed by atoms with E-state index in [0.717, 1.165) is 6.07 Å². The van der Waals surface area contributed by atoms with Gasteiger partial charge in [-0.3, -0.25) is 0 Å². The van der Waals surface area contributed by atoms with E-state index < -0.39 is 15.7 Å². The number of sulfone groups is 1. The highest BCUT2D eigenvalue weighted by Gasteiger charge is 2.24. The molecule has 5 nitrogen and oxygen atoms in total. The van der Waals surface area contributed by atoms with Crippen molar-refractivity contribution in [1.29, 1.82) is 0 Å². The molecule has 0 amide bonds. The molecule has 1 aliphatic rings. The molecule has 0 saturated carbocycles. The Morgan fingerprint density at radius 1 is 1.38 bits per heavy atom. The molecule has 1 aromatic carbocycles. The Bertz CT molecular complexity index is 685. The quantitative estimate of drug-likeness (QED) is 0.806. The number of benzene rings is 1. The molecule has 2 rings (SSSR count). The molecule has 0 aromatic heterocycles. The largest absolute Gasteiger partial charge is 0.486 e. The second-order valence-corrected chi connectivity index (χ2v) is 7.72. The molecule has 8 heteroatoms. The predicted molar refractivity (Wildman–Crippen MR) is 85.7 cm³/mol. The lowest BCUT2D eigenvalue weighted by Crippen LogP contribution is -2.23. The number of nitrogens with two attached hydrogens (primary N) is 1. The van der Waals surface area contributed by atoms with Crippen molar-refractivity contribution in [2.75, 3.05) is 32.1 Å². The average molecular weight is 361 g/mol. The van der Waals surface area contributed by atoms with Crippen LogP contribution in [0.5, 0.6) is 5.75 Å². The van der Waals surface area contributed by atoms with Gasteiger partial charge in [-0.1, -0.05) is 0 Å². The first kappa shape index (κ1) is 18.8. The van der Waals surface area contributed by atoms with Crippen LogP contribution in [0.25, 0.3) is 0 Å². The highest BCUT2D eigenvalue weighted by molar-refractivity contribution is 7.91. The lowest BCUT2D eigenvalue weighted by Gasteiger charge is -2.21. The maximum Gasteiger partial charge on any atom is 0.178 e. The van der Waals surface area contributed by atoms with Crippen LogP contribution in [0.1, 0.15) is 12.8 Å². The predicted octanol–water partition coefficient (Wildman–Crippen LogP) is 2.22. The molecule has 0 aliphatic carbocycles. The van der Waals surface area contributed by atoms with E-state index in [0.29, 0.717) is 32.4 Å². The lowest BCUT2D eigenvalue weighted by molar-refractivity contribution is 0.0723. The van der Waals surface area contributed by atoms with Gasteiger partial charge in [0.2, 0.25) is 0 Å². The van der Waals surface area contributed by atoms with Gasteiger partial charge in [0.05, 0.1) is 17.0 Å². The summed E-state index contributed by atoms with van der Waals surface area (Å²) in [6, 6.07) is 3.47. The van der Waals surface area contributed by atoms with Gasteiger partial charge in [0.25, 0.3) is 0 Å². The molecule has 1 fully saturated rings. The van der Waals surface area contributed by atoms with E-state index in [9.17, 15) is 17.2 Å². The molecule has 134 valence electrons. The Kier molecular flexibility index (Phi) is 6.70. The van der Waals surface area contributed by atoms with Crippen LogP contribution in [-0.4, -0.2) is 40.5 Å². The Morgan fingerprint density at radius 3 is 2.67 bits per heavy atom. The van der Waals surface area contributed by atoms with Gasteiger partial charge in [-0.25, -0.2) is 17.2 Å². The fourth-order valence-corrected chi connectivity index (χ4v) is 4.12. The fourth-order valence-electron chi connectivity index (χ4n) is 2.42. The zero-order chi connectivity index (χ0) is 17.6. The van der Waals surface area contributed by atoms with Crippen molar-refractivity contribution < 1.29 is 26.7 Å². The topological polar surface area (TPSA) is 78.6 Å². The van der Waals surface area contributed by atoms with Crippen LogP contribution in [0.15, 0.2) is 35.0 Å². The van der Waals surface area contributed by atoms with Crippen molar-refractivity contribution >= 4 is 9.84 Å². The van der Waals surface area contributed by atoms with Gasteiger partial charge >= 0.3 is 0 Å². The smallest absolute Gasteiger partial charge is 0.178 e. The molecule has 1 heterocycles. The van der Waals surface area contributed by atoms with Gasteiger partial charge in [-0.15, -0.1) is 0 Å². The fraction of sp³-hybridized carbons (Fsp3) is 0.500. The van der Waals surface area contributed by atoms with Crippen molar-refractivity contribution in [1.82, 2.24) is 0 Å². The van der Waals surface area contributed by atoms with Gasteiger partial charge in [0, 0.05) is 25.3 Å². The molecule has 0 atom stereocenters. The minimum absolute atomic E-state index is 0.0181.